The van der Waals surface area contributed by atoms with Gasteiger partial charge in [-0.1, -0.05) is 0 Å². The summed E-state index contributed by atoms with van der Waals surface area (Å²) in [4.78, 5) is 11.0. The van der Waals surface area contributed by atoms with Gasteiger partial charge in [-0.2, -0.15) is 0 Å². The van der Waals surface area contributed by atoms with Crippen LogP contribution in [0.4, 0.5) is 0 Å². The van der Waals surface area contributed by atoms with Crippen molar-refractivity contribution < 1.29 is 4.79 Å². The van der Waals surface area contributed by atoms with E-state index in [9.17, 15) is 4.79 Å². The highest BCUT2D eigenvalue weighted by Gasteiger charge is 2.15. The number of carbonyl (C=O) groups excluding carboxylic acids is 1. The standard InChI is InChI=1S/C7H12N2O/c1-5-3-9-4-6(5)7(10)8-2/h9H,3-4H2,1-2H3,(H,8,10). The molecule has 1 rings (SSSR count). The zero-order chi connectivity index (χ0) is 7.56. The Kier molecular flexibility index (Phi) is 2.06. The molecule has 56 valence electrons. The third kappa shape index (κ3) is 1.19. The quantitative estimate of drug-likeness (QED) is 0.523. The summed E-state index contributed by atoms with van der Waals surface area (Å²) in [5.41, 5.74) is 2.04. The van der Waals surface area contributed by atoms with Crippen LogP contribution in [0.15, 0.2) is 11.1 Å². The van der Waals surface area contributed by atoms with Crippen molar-refractivity contribution >= 4 is 5.91 Å². The second-order valence-corrected chi connectivity index (χ2v) is 2.44. The Morgan fingerprint density at radius 3 is 2.70 bits per heavy atom. The van der Waals surface area contributed by atoms with Crippen molar-refractivity contribution in [3.63, 3.8) is 0 Å². The van der Waals surface area contributed by atoms with Crippen LogP contribution in [0.2, 0.25) is 0 Å². The van der Waals surface area contributed by atoms with Gasteiger partial charge in [0.2, 0.25) is 5.91 Å². The maximum Gasteiger partial charge on any atom is 0.248 e. The van der Waals surface area contributed by atoms with Crippen LogP contribution in [0.25, 0.3) is 0 Å². The van der Waals surface area contributed by atoms with Crippen molar-refractivity contribution in [1.29, 1.82) is 0 Å². The largest absolute Gasteiger partial charge is 0.355 e. The van der Waals surface area contributed by atoms with E-state index < -0.39 is 0 Å². The Bertz CT molecular complexity index is 184. The summed E-state index contributed by atoms with van der Waals surface area (Å²) in [7, 11) is 1.65. The van der Waals surface area contributed by atoms with E-state index >= 15 is 0 Å². The van der Waals surface area contributed by atoms with E-state index in [2.05, 4.69) is 10.6 Å². The molecule has 0 saturated carbocycles. The van der Waals surface area contributed by atoms with E-state index in [-0.39, 0.29) is 5.91 Å². The lowest BCUT2D eigenvalue weighted by Gasteiger charge is -1.98. The van der Waals surface area contributed by atoms with Gasteiger partial charge in [0.15, 0.2) is 0 Å². The predicted molar refractivity (Wildman–Crippen MR) is 39.6 cm³/mol. The molecule has 0 aromatic heterocycles. The van der Waals surface area contributed by atoms with Crippen molar-refractivity contribution in [3.05, 3.63) is 11.1 Å². The van der Waals surface area contributed by atoms with Crippen molar-refractivity contribution in [1.82, 2.24) is 10.6 Å². The lowest BCUT2D eigenvalue weighted by Crippen LogP contribution is -2.23. The second-order valence-electron chi connectivity index (χ2n) is 2.44. The van der Waals surface area contributed by atoms with Gasteiger partial charge >= 0.3 is 0 Å². The van der Waals surface area contributed by atoms with E-state index in [1.807, 2.05) is 6.92 Å². The molecule has 0 saturated heterocycles. The third-order valence-electron chi connectivity index (χ3n) is 1.71. The molecule has 0 aromatic carbocycles. The van der Waals surface area contributed by atoms with E-state index in [0.717, 1.165) is 17.7 Å². The summed E-state index contributed by atoms with van der Waals surface area (Å²) in [6, 6.07) is 0. The van der Waals surface area contributed by atoms with E-state index in [1.54, 1.807) is 7.05 Å². The molecule has 0 fully saturated rings. The molecule has 0 unspecified atom stereocenters. The zero-order valence-corrected chi connectivity index (χ0v) is 6.32. The normalized spacial score (nSPS) is 17.8. The topological polar surface area (TPSA) is 41.1 Å². The highest BCUT2D eigenvalue weighted by atomic mass is 16.1. The fraction of sp³-hybridized carbons (Fsp3) is 0.571. The predicted octanol–water partition coefficient (Wildman–Crippen LogP) is -0.348. The zero-order valence-electron chi connectivity index (χ0n) is 6.32. The molecular formula is C7H12N2O. The molecule has 0 aromatic rings. The Balaban J connectivity index is 2.71. The van der Waals surface area contributed by atoms with Gasteiger partial charge < -0.3 is 10.6 Å². The van der Waals surface area contributed by atoms with Gasteiger partial charge in [-0.25, -0.2) is 0 Å². The smallest absolute Gasteiger partial charge is 0.248 e. The van der Waals surface area contributed by atoms with Crippen molar-refractivity contribution in [2.24, 2.45) is 0 Å². The van der Waals surface area contributed by atoms with Crippen LogP contribution in [0.5, 0.6) is 0 Å². The highest BCUT2D eigenvalue weighted by molar-refractivity contribution is 5.94. The van der Waals surface area contributed by atoms with Gasteiger partial charge in [-0.05, 0) is 12.5 Å². The van der Waals surface area contributed by atoms with Crippen LogP contribution in [0.3, 0.4) is 0 Å². The van der Waals surface area contributed by atoms with E-state index in [0.29, 0.717) is 6.54 Å². The van der Waals surface area contributed by atoms with E-state index in [1.165, 1.54) is 0 Å². The lowest BCUT2D eigenvalue weighted by atomic mass is 10.2. The molecule has 0 aliphatic carbocycles. The maximum atomic E-state index is 11.0. The van der Waals surface area contributed by atoms with Crippen LogP contribution in [0.1, 0.15) is 6.92 Å². The van der Waals surface area contributed by atoms with Gasteiger partial charge in [-0.15, -0.1) is 0 Å². The van der Waals surface area contributed by atoms with Crippen LogP contribution in [-0.2, 0) is 4.79 Å². The van der Waals surface area contributed by atoms with Crippen LogP contribution in [-0.4, -0.2) is 26.0 Å². The highest BCUT2D eigenvalue weighted by Crippen LogP contribution is 2.07. The number of amides is 1. The average Bonchev–Trinajstić information content (AvgIpc) is 2.34. The molecule has 1 aliphatic heterocycles. The molecule has 0 spiro atoms. The number of nitrogens with one attached hydrogen (secondary N) is 2. The Hall–Kier alpha value is -0.830. The van der Waals surface area contributed by atoms with Gasteiger partial charge in [0.05, 0.1) is 0 Å². The summed E-state index contributed by atoms with van der Waals surface area (Å²) >= 11 is 0. The molecule has 10 heavy (non-hydrogen) atoms. The fourth-order valence-electron chi connectivity index (χ4n) is 1.06. The number of carbonyl (C=O) groups is 1. The monoisotopic (exact) mass is 140 g/mol. The number of rotatable bonds is 1. The first-order valence-corrected chi connectivity index (χ1v) is 3.37. The molecule has 0 atom stereocenters. The Morgan fingerprint density at radius 1 is 1.60 bits per heavy atom. The number of hydrogen-bond acceptors (Lipinski definition) is 2. The summed E-state index contributed by atoms with van der Waals surface area (Å²) in [6.45, 7) is 3.54. The summed E-state index contributed by atoms with van der Waals surface area (Å²) in [6.07, 6.45) is 0. The third-order valence-corrected chi connectivity index (χ3v) is 1.71. The summed E-state index contributed by atoms with van der Waals surface area (Å²) < 4.78 is 0. The van der Waals surface area contributed by atoms with E-state index in [4.69, 9.17) is 0 Å². The minimum atomic E-state index is 0.0440. The number of hydrogen-bond donors (Lipinski definition) is 2. The average molecular weight is 140 g/mol. The Morgan fingerprint density at radius 2 is 2.30 bits per heavy atom. The molecule has 1 heterocycles. The molecule has 3 heteroatoms. The minimum absolute atomic E-state index is 0.0440. The fourth-order valence-corrected chi connectivity index (χ4v) is 1.06. The molecule has 3 nitrogen and oxygen atoms in total. The first-order chi connectivity index (χ1) is 4.75. The molecular weight excluding hydrogens is 128 g/mol. The molecule has 2 N–H and O–H groups in total. The van der Waals surface area contributed by atoms with Gasteiger partial charge in [0.1, 0.15) is 0 Å². The van der Waals surface area contributed by atoms with Crippen LogP contribution in [0, 0.1) is 0 Å². The summed E-state index contributed by atoms with van der Waals surface area (Å²) in [5, 5.41) is 5.70. The number of likely N-dealkylation sites (N-methyl/N-ethyl adjacent to an activating group) is 1. The Labute approximate surface area is 60.5 Å². The minimum Gasteiger partial charge on any atom is -0.355 e. The summed E-state index contributed by atoms with van der Waals surface area (Å²) in [5.74, 6) is 0.0440. The maximum absolute atomic E-state index is 11.0. The second kappa shape index (κ2) is 2.84. The van der Waals surface area contributed by atoms with Gasteiger partial charge in [0, 0.05) is 25.7 Å². The van der Waals surface area contributed by atoms with Crippen LogP contribution >= 0.6 is 0 Å². The first-order valence-electron chi connectivity index (χ1n) is 3.37. The van der Waals surface area contributed by atoms with Gasteiger partial charge in [-0.3, -0.25) is 4.79 Å². The van der Waals surface area contributed by atoms with Crippen molar-refractivity contribution in [3.8, 4) is 0 Å². The molecule has 1 aliphatic rings. The van der Waals surface area contributed by atoms with Crippen molar-refractivity contribution in [2.45, 2.75) is 6.92 Å². The lowest BCUT2D eigenvalue weighted by molar-refractivity contribution is -0.117. The molecule has 1 amide bonds. The first kappa shape index (κ1) is 7.28. The molecule has 0 bridgehead atoms. The van der Waals surface area contributed by atoms with Crippen molar-refractivity contribution in [2.75, 3.05) is 20.1 Å². The SMILES string of the molecule is CNC(=O)C1=C(C)CNC1. The molecule has 0 radical (unpaired) electrons. The van der Waals surface area contributed by atoms with Gasteiger partial charge in [0.25, 0.3) is 0 Å². The van der Waals surface area contributed by atoms with Crippen LogP contribution < -0.4 is 10.6 Å².